The minimum absolute atomic E-state index is 0.127. The van der Waals surface area contributed by atoms with Crippen LogP contribution in [0, 0.1) is 0 Å². The summed E-state index contributed by atoms with van der Waals surface area (Å²) in [5.74, 6) is -0.127. The maximum Gasteiger partial charge on any atom is 0.254 e. The van der Waals surface area contributed by atoms with Crippen LogP contribution in [0.1, 0.15) is 33.5 Å². The summed E-state index contributed by atoms with van der Waals surface area (Å²) in [5, 5.41) is 10.1. The molecule has 23 heavy (non-hydrogen) atoms. The highest BCUT2D eigenvalue weighted by Crippen LogP contribution is 2.10. The van der Waals surface area contributed by atoms with Crippen LogP contribution in [0.2, 0.25) is 0 Å². The van der Waals surface area contributed by atoms with E-state index in [0.29, 0.717) is 18.7 Å². The molecule has 3 rings (SSSR count). The first-order valence-corrected chi connectivity index (χ1v) is 8.40. The van der Waals surface area contributed by atoms with E-state index >= 15 is 0 Å². The lowest BCUT2D eigenvalue weighted by atomic mass is 10.2. The molecule has 0 bridgehead atoms. The second-order valence-corrected chi connectivity index (χ2v) is 6.12. The Labute approximate surface area is 139 Å². The number of thiazole rings is 1. The van der Waals surface area contributed by atoms with Gasteiger partial charge in [0.15, 0.2) is 0 Å². The predicted molar refractivity (Wildman–Crippen MR) is 90.4 cm³/mol. The van der Waals surface area contributed by atoms with Crippen LogP contribution >= 0.6 is 11.3 Å². The van der Waals surface area contributed by atoms with Gasteiger partial charge in [-0.05, 0) is 12.0 Å². The molecule has 0 atom stereocenters. The monoisotopic (exact) mass is 326 g/mol. The number of aryl methyl sites for hydroxylation is 1. The van der Waals surface area contributed by atoms with Gasteiger partial charge in [0.1, 0.15) is 5.01 Å². The normalized spacial score (nSPS) is 10.7. The largest absolute Gasteiger partial charge is 0.345 e. The summed E-state index contributed by atoms with van der Waals surface area (Å²) in [6.07, 6.45) is 4.27. The van der Waals surface area contributed by atoms with E-state index in [4.69, 9.17) is 0 Å². The molecule has 0 radical (unpaired) electrons. The first-order chi connectivity index (χ1) is 11.2. The van der Waals surface area contributed by atoms with E-state index in [1.807, 2.05) is 35.7 Å². The zero-order valence-electron chi connectivity index (χ0n) is 12.9. The lowest BCUT2D eigenvalue weighted by Gasteiger charge is -2.01. The first-order valence-electron chi connectivity index (χ1n) is 7.52. The number of hydrogen-bond acceptors (Lipinski definition) is 4. The molecule has 1 aromatic carbocycles. The molecule has 0 aliphatic carbocycles. The fourth-order valence-electron chi connectivity index (χ4n) is 2.19. The third-order valence-corrected chi connectivity index (χ3v) is 4.34. The van der Waals surface area contributed by atoms with Gasteiger partial charge < -0.3 is 5.32 Å². The molecule has 0 aliphatic heterocycles. The topological polar surface area (TPSA) is 59.8 Å². The van der Waals surface area contributed by atoms with Gasteiger partial charge in [0.25, 0.3) is 5.91 Å². The Hall–Kier alpha value is -2.47. The lowest BCUT2D eigenvalue weighted by molar-refractivity contribution is 0.0950. The fraction of sp³-hybridized carbons (Fsp3) is 0.235. The summed E-state index contributed by atoms with van der Waals surface area (Å²) in [6.45, 7) is 3.17. The summed E-state index contributed by atoms with van der Waals surface area (Å²) < 4.78 is 1.77. The minimum atomic E-state index is -0.127. The van der Waals surface area contributed by atoms with Crippen molar-refractivity contribution in [2.24, 2.45) is 0 Å². The molecule has 1 N–H and O–H groups in total. The summed E-state index contributed by atoms with van der Waals surface area (Å²) in [4.78, 5) is 16.6. The van der Waals surface area contributed by atoms with Crippen molar-refractivity contribution in [1.29, 1.82) is 0 Å². The van der Waals surface area contributed by atoms with Gasteiger partial charge in [-0.2, -0.15) is 5.10 Å². The number of carbonyl (C=O) groups is 1. The molecular weight excluding hydrogens is 308 g/mol. The van der Waals surface area contributed by atoms with Gasteiger partial charge in [-0.1, -0.05) is 37.3 Å². The molecule has 1 amide bonds. The molecule has 0 aliphatic rings. The van der Waals surface area contributed by atoms with Crippen LogP contribution in [-0.2, 0) is 19.5 Å². The van der Waals surface area contributed by atoms with E-state index < -0.39 is 0 Å². The number of nitrogens with one attached hydrogen (secondary N) is 1. The zero-order chi connectivity index (χ0) is 16.1. The van der Waals surface area contributed by atoms with Crippen molar-refractivity contribution >= 4 is 17.2 Å². The highest BCUT2D eigenvalue weighted by atomic mass is 32.1. The van der Waals surface area contributed by atoms with E-state index in [0.717, 1.165) is 22.7 Å². The Morgan fingerprint density at radius 3 is 2.87 bits per heavy atom. The smallest absolute Gasteiger partial charge is 0.254 e. The lowest BCUT2D eigenvalue weighted by Crippen LogP contribution is -2.22. The highest BCUT2D eigenvalue weighted by molar-refractivity contribution is 7.09. The van der Waals surface area contributed by atoms with Gasteiger partial charge in [0.2, 0.25) is 0 Å². The number of carbonyl (C=O) groups excluding carboxylic acids is 1. The van der Waals surface area contributed by atoms with Gasteiger partial charge in [-0.15, -0.1) is 11.3 Å². The molecule has 118 valence electrons. The van der Waals surface area contributed by atoms with E-state index in [1.165, 1.54) is 0 Å². The second kappa shape index (κ2) is 7.19. The Morgan fingerprint density at radius 2 is 2.13 bits per heavy atom. The van der Waals surface area contributed by atoms with Crippen molar-refractivity contribution < 1.29 is 4.79 Å². The molecule has 2 heterocycles. The van der Waals surface area contributed by atoms with Gasteiger partial charge >= 0.3 is 0 Å². The molecule has 0 saturated heterocycles. The van der Waals surface area contributed by atoms with E-state index in [2.05, 4.69) is 22.3 Å². The van der Waals surface area contributed by atoms with Crippen molar-refractivity contribution in [3.8, 4) is 0 Å². The molecule has 5 nitrogen and oxygen atoms in total. The number of benzene rings is 1. The standard InChI is InChI=1S/C17H18N4OS/c1-2-15-12-23-16(20-15)9-18-17(22)14-8-19-21(11-14)10-13-6-4-3-5-7-13/h3-8,11-12H,2,9-10H2,1H3,(H,18,22). The zero-order valence-corrected chi connectivity index (χ0v) is 13.7. The van der Waals surface area contributed by atoms with E-state index in [9.17, 15) is 4.79 Å². The molecule has 3 aromatic rings. The quantitative estimate of drug-likeness (QED) is 0.758. The Bertz CT molecular complexity index is 779. The highest BCUT2D eigenvalue weighted by Gasteiger charge is 2.09. The average molecular weight is 326 g/mol. The molecule has 0 unspecified atom stereocenters. The summed E-state index contributed by atoms with van der Waals surface area (Å²) in [5.41, 5.74) is 2.78. The van der Waals surface area contributed by atoms with Crippen LogP contribution in [0.25, 0.3) is 0 Å². The average Bonchev–Trinajstić information content (AvgIpc) is 3.23. The van der Waals surface area contributed by atoms with Crippen LogP contribution in [0.5, 0.6) is 0 Å². The Morgan fingerprint density at radius 1 is 1.30 bits per heavy atom. The second-order valence-electron chi connectivity index (χ2n) is 5.18. The summed E-state index contributed by atoms with van der Waals surface area (Å²) >= 11 is 1.57. The van der Waals surface area contributed by atoms with Gasteiger partial charge in [-0.3, -0.25) is 9.48 Å². The number of aromatic nitrogens is 3. The van der Waals surface area contributed by atoms with Crippen molar-refractivity contribution in [3.05, 3.63) is 69.9 Å². The van der Waals surface area contributed by atoms with E-state index in [1.54, 1.807) is 28.4 Å². The number of rotatable bonds is 6. The maximum absolute atomic E-state index is 12.2. The van der Waals surface area contributed by atoms with Crippen molar-refractivity contribution in [1.82, 2.24) is 20.1 Å². The summed E-state index contributed by atoms with van der Waals surface area (Å²) in [7, 11) is 0. The maximum atomic E-state index is 12.2. The van der Waals surface area contributed by atoms with Crippen LogP contribution in [0.15, 0.2) is 48.1 Å². The Balaban J connectivity index is 1.57. The number of amides is 1. The van der Waals surface area contributed by atoms with Gasteiger partial charge in [-0.25, -0.2) is 4.98 Å². The molecule has 6 heteroatoms. The third-order valence-electron chi connectivity index (χ3n) is 3.44. The molecular formula is C17H18N4OS. The van der Waals surface area contributed by atoms with Gasteiger partial charge in [0, 0.05) is 11.6 Å². The van der Waals surface area contributed by atoms with Crippen molar-refractivity contribution in [2.45, 2.75) is 26.4 Å². The molecule has 0 spiro atoms. The molecule has 0 saturated carbocycles. The number of nitrogens with zero attached hydrogens (tertiary/aromatic N) is 3. The fourth-order valence-corrected chi connectivity index (χ4v) is 3.01. The SMILES string of the molecule is CCc1csc(CNC(=O)c2cnn(Cc3ccccc3)c2)n1. The van der Waals surface area contributed by atoms with Crippen LogP contribution in [-0.4, -0.2) is 20.7 Å². The van der Waals surface area contributed by atoms with Crippen LogP contribution in [0.4, 0.5) is 0 Å². The van der Waals surface area contributed by atoms with Crippen molar-refractivity contribution in [2.75, 3.05) is 0 Å². The number of hydrogen-bond donors (Lipinski definition) is 1. The van der Waals surface area contributed by atoms with Crippen molar-refractivity contribution in [3.63, 3.8) is 0 Å². The summed E-state index contributed by atoms with van der Waals surface area (Å²) in [6, 6.07) is 10.0. The van der Waals surface area contributed by atoms with Crippen LogP contribution in [0.3, 0.4) is 0 Å². The Kier molecular flexibility index (Phi) is 4.83. The molecule has 0 fully saturated rings. The third kappa shape index (κ3) is 4.04. The van der Waals surface area contributed by atoms with Crippen LogP contribution < -0.4 is 5.32 Å². The molecule has 2 aromatic heterocycles. The minimum Gasteiger partial charge on any atom is -0.345 e. The van der Waals surface area contributed by atoms with E-state index in [-0.39, 0.29) is 5.91 Å². The van der Waals surface area contributed by atoms with Gasteiger partial charge in [0.05, 0.1) is 30.5 Å². The predicted octanol–water partition coefficient (Wildman–Crippen LogP) is 2.88. The first kappa shape index (κ1) is 15.4.